The molecule has 1 heterocycles. The van der Waals surface area contributed by atoms with Gasteiger partial charge in [0, 0.05) is 24.7 Å². The summed E-state index contributed by atoms with van der Waals surface area (Å²) in [5, 5.41) is 0. The van der Waals surface area contributed by atoms with Gasteiger partial charge in [-0.2, -0.15) is 0 Å². The molecule has 0 aliphatic carbocycles. The molecule has 5 nitrogen and oxygen atoms in total. The highest BCUT2D eigenvalue weighted by Crippen LogP contribution is 2.21. The van der Waals surface area contributed by atoms with Crippen LogP contribution in [-0.4, -0.2) is 33.2 Å². The van der Waals surface area contributed by atoms with E-state index in [1.165, 1.54) is 29.2 Å². The molecule has 0 saturated carbocycles. The highest BCUT2D eigenvalue weighted by Gasteiger charge is 2.32. The van der Waals surface area contributed by atoms with E-state index in [4.69, 9.17) is 0 Å². The van der Waals surface area contributed by atoms with Gasteiger partial charge in [-0.1, -0.05) is 0 Å². The number of sulfonamides is 1. The summed E-state index contributed by atoms with van der Waals surface area (Å²) < 4.78 is 37.4. The summed E-state index contributed by atoms with van der Waals surface area (Å²) >= 11 is 0. The van der Waals surface area contributed by atoms with Crippen LogP contribution in [0.1, 0.15) is 6.42 Å². The number of nitrogens with zero attached hydrogens (tertiary/aromatic N) is 1. The maximum absolute atomic E-state index is 12.8. The van der Waals surface area contributed by atoms with E-state index < -0.39 is 16.1 Å². The number of amides is 1. The minimum atomic E-state index is -3.33. The monoisotopic (exact) mass is 272 g/mol. The van der Waals surface area contributed by atoms with Crippen molar-refractivity contribution in [2.24, 2.45) is 0 Å². The largest absolute Gasteiger partial charge is 0.311 e. The fourth-order valence-electron chi connectivity index (χ4n) is 1.96. The number of hydrogen-bond acceptors (Lipinski definition) is 3. The molecule has 1 saturated heterocycles. The van der Waals surface area contributed by atoms with Gasteiger partial charge < -0.3 is 4.90 Å². The van der Waals surface area contributed by atoms with Crippen molar-refractivity contribution in [2.75, 3.05) is 17.7 Å². The number of carbonyl (C=O) groups is 1. The zero-order chi connectivity index (χ0) is 13.3. The third kappa shape index (κ3) is 3.05. The van der Waals surface area contributed by atoms with Gasteiger partial charge in [0.2, 0.25) is 15.9 Å². The number of nitrogens with one attached hydrogen (secondary N) is 1. The molecular formula is C11H13FN2O3S. The minimum absolute atomic E-state index is 0.116. The Kier molecular flexibility index (Phi) is 3.36. The lowest BCUT2D eigenvalue weighted by atomic mass is 10.3. The van der Waals surface area contributed by atoms with Crippen LogP contribution in [0.2, 0.25) is 0 Å². The van der Waals surface area contributed by atoms with Gasteiger partial charge in [0.25, 0.3) is 0 Å². The lowest BCUT2D eigenvalue weighted by Gasteiger charge is -2.16. The maximum atomic E-state index is 12.8. The maximum Gasteiger partial charge on any atom is 0.228 e. The average molecular weight is 272 g/mol. The van der Waals surface area contributed by atoms with Crippen molar-refractivity contribution in [3.63, 3.8) is 0 Å². The van der Waals surface area contributed by atoms with Gasteiger partial charge in [0.15, 0.2) is 0 Å². The Morgan fingerprint density at radius 3 is 2.50 bits per heavy atom. The molecule has 98 valence electrons. The van der Waals surface area contributed by atoms with E-state index >= 15 is 0 Å². The van der Waals surface area contributed by atoms with E-state index in [1.807, 2.05) is 0 Å². The second-order valence-corrected chi connectivity index (χ2v) is 6.05. The number of hydrogen-bond donors (Lipinski definition) is 1. The first-order valence-corrected chi connectivity index (χ1v) is 7.27. The number of benzene rings is 1. The van der Waals surface area contributed by atoms with Gasteiger partial charge in [0.1, 0.15) is 5.82 Å². The number of halogens is 1. The molecule has 1 N–H and O–H groups in total. The predicted octanol–water partition coefficient (Wildman–Crippen LogP) is 0.480. The quantitative estimate of drug-likeness (QED) is 0.870. The van der Waals surface area contributed by atoms with Crippen molar-refractivity contribution in [1.29, 1.82) is 0 Å². The highest BCUT2D eigenvalue weighted by atomic mass is 32.2. The van der Waals surface area contributed by atoms with Crippen LogP contribution in [0.25, 0.3) is 0 Å². The molecule has 18 heavy (non-hydrogen) atoms. The Balaban J connectivity index is 2.12. The average Bonchev–Trinajstić information content (AvgIpc) is 2.58. The van der Waals surface area contributed by atoms with E-state index in [0.29, 0.717) is 5.69 Å². The zero-order valence-corrected chi connectivity index (χ0v) is 10.6. The summed E-state index contributed by atoms with van der Waals surface area (Å²) in [5.41, 5.74) is 0.569. The Hall–Kier alpha value is -1.47. The fraction of sp³-hybridized carbons (Fsp3) is 0.364. The van der Waals surface area contributed by atoms with E-state index in [0.717, 1.165) is 6.26 Å². The van der Waals surface area contributed by atoms with Crippen LogP contribution in [0.15, 0.2) is 24.3 Å². The molecule has 0 spiro atoms. The fourth-order valence-corrected chi connectivity index (χ4v) is 2.72. The molecule has 0 aromatic heterocycles. The van der Waals surface area contributed by atoms with E-state index in [1.54, 1.807) is 0 Å². The SMILES string of the molecule is CS(=O)(=O)N[C@@H]1CC(=O)N(c2ccc(F)cc2)C1. The van der Waals surface area contributed by atoms with Gasteiger partial charge in [-0.05, 0) is 24.3 Å². The van der Waals surface area contributed by atoms with Crippen LogP contribution < -0.4 is 9.62 Å². The Morgan fingerprint density at radius 1 is 1.33 bits per heavy atom. The first-order chi connectivity index (χ1) is 8.35. The van der Waals surface area contributed by atoms with Crippen LogP contribution in [0.5, 0.6) is 0 Å². The molecule has 7 heteroatoms. The lowest BCUT2D eigenvalue weighted by molar-refractivity contribution is -0.117. The van der Waals surface area contributed by atoms with E-state index in [2.05, 4.69) is 4.72 Å². The lowest BCUT2D eigenvalue weighted by Crippen LogP contribution is -2.36. The summed E-state index contributed by atoms with van der Waals surface area (Å²) in [7, 11) is -3.33. The van der Waals surface area contributed by atoms with Gasteiger partial charge >= 0.3 is 0 Å². The number of carbonyl (C=O) groups excluding carboxylic acids is 1. The van der Waals surface area contributed by atoms with Crippen molar-refractivity contribution in [2.45, 2.75) is 12.5 Å². The summed E-state index contributed by atoms with van der Waals surface area (Å²) in [4.78, 5) is 13.2. The van der Waals surface area contributed by atoms with Gasteiger partial charge in [-0.3, -0.25) is 4.79 Å². The van der Waals surface area contributed by atoms with Crippen LogP contribution >= 0.6 is 0 Å². The van der Waals surface area contributed by atoms with Crippen LogP contribution in [0.3, 0.4) is 0 Å². The van der Waals surface area contributed by atoms with Crippen LogP contribution in [-0.2, 0) is 14.8 Å². The topological polar surface area (TPSA) is 66.5 Å². The molecule has 1 amide bonds. The number of anilines is 1. The molecule has 0 unspecified atom stereocenters. The smallest absolute Gasteiger partial charge is 0.228 e. The molecule has 2 rings (SSSR count). The number of rotatable bonds is 3. The van der Waals surface area contributed by atoms with Crippen LogP contribution in [0.4, 0.5) is 10.1 Å². The van der Waals surface area contributed by atoms with E-state index in [9.17, 15) is 17.6 Å². The van der Waals surface area contributed by atoms with Crippen molar-refractivity contribution in [3.05, 3.63) is 30.1 Å². The Bertz CT molecular complexity index is 556. The third-order valence-electron chi connectivity index (χ3n) is 2.64. The molecule has 1 aromatic rings. The molecular weight excluding hydrogens is 259 g/mol. The van der Waals surface area contributed by atoms with Gasteiger partial charge in [-0.15, -0.1) is 0 Å². The molecule has 0 radical (unpaired) electrons. The summed E-state index contributed by atoms with van der Waals surface area (Å²) in [6.45, 7) is 0.261. The van der Waals surface area contributed by atoms with Crippen molar-refractivity contribution < 1.29 is 17.6 Å². The predicted molar refractivity (Wildman–Crippen MR) is 65.1 cm³/mol. The molecule has 1 aliphatic rings. The van der Waals surface area contributed by atoms with Crippen molar-refractivity contribution >= 4 is 21.6 Å². The molecule has 1 atom stereocenters. The van der Waals surface area contributed by atoms with Crippen molar-refractivity contribution in [3.8, 4) is 0 Å². The molecule has 0 bridgehead atoms. The second-order valence-electron chi connectivity index (χ2n) is 4.27. The van der Waals surface area contributed by atoms with Gasteiger partial charge in [0.05, 0.1) is 6.26 Å². The van der Waals surface area contributed by atoms with Gasteiger partial charge in [-0.25, -0.2) is 17.5 Å². The highest BCUT2D eigenvalue weighted by molar-refractivity contribution is 7.88. The van der Waals surface area contributed by atoms with E-state index in [-0.39, 0.29) is 24.7 Å². The molecule has 1 aromatic carbocycles. The minimum Gasteiger partial charge on any atom is -0.311 e. The normalized spacial score (nSPS) is 20.4. The van der Waals surface area contributed by atoms with Crippen LogP contribution in [0, 0.1) is 5.82 Å². The Labute approximate surface area is 105 Å². The second kappa shape index (κ2) is 4.66. The summed E-state index contributed by atoms with van der Waals surface area (Å²) in [5.74, 6) is -0.557. The summed E-state index contributed by atoms with van der Waals surface area (Å²) in [6, 6.07) is 5.09. The Morgan fingerprint density at radius 2 is 1.94 bits per heavy atom. The molecule has 1 fully saturated rings. The first-order valence-electron chi connectivity index (χ1n) is 5.38. The van der Waals surface area contributed by atoms with Crippen molar-refractivity contribution in [1.82, 2.24) is 4.72 Å². The first kappa shape index (κ1) is 13.0. The summed E-state index contributed by atoms with van der Waals surface area (Å²) in [6.07, 6.45) is 1.17. The molecule has 1 aliphatic heterocycles. The third-order valence-corrected chi connectivity index (χ3v) is 3.41. The zero-order valence-electron chi connectivity index (χ0n) is 9.76. The standard InChI is InChI=1S/C11H13FN2O3S/c1-18(16,17)13-9-6-11(15)14(7-9)10-4-2-8(12)3-5-10/h2-5,9,13H,6-7H2,1H3/t9-/m1/s1.